The van der Waals surface area contributed by atoms with Crippen LogP contribution in [-0.4, -0.2) is 21.5 Å². The number of nitrogens with one attached hydrogen (secondary N) is 1. The number of para-hydroxylation sites is 1. The molecule has 0 radical (unpaired) electrons. The standard InChI is InChI=1S/C25H44N4/c1-2-3-4-5-6-7-8-9-10-11-12-13-14-15-16-19-22-26-23-29-25-21-18-17-20-24(25)27-28-29/h17-18,20-21,26H,2-16,19,22-23H2,1H3. The molecular formula is C25H44N4. The highest BCUT2D eigenvalue weighted by Crippen LogP contribution is 2.13. The van der Waals surface area contributed by atoms with Gasteiger partial charge in [0.15, 0.2) is 0 Å². The fourth-order valence-electron chi connectivity index (χ4n) is 4.02. The molecule has 0 amide bonds. The molecule has 1 aromatic heterocycles. The summed E-state index contributed by atoms with van der Waals surface area (Å²) in [4.78, 5) is 0. The van der Waals surface area contributed by atoms with Crippen LogP contribution in [0.25, 0.3) is 11.0 Å². The van der Waals surface area contributed by atoms with Crippen LogP contribution in [0.15, 0.2) is 24.3 Å². The Morgan fingerprint density at radius 1 is 0.690 bits per heavy atom. The third-order valence-corrected chi connectivity index (χ3v) is 5.89. The van der Waals surface area contributed by atoms with E-state index in [1.807, 2.05) is 22.9 Å². The lowest BCUT2D eigenvalue weighted by molar-refractivity contribution is 0.486. The van der Waals surface area contributed by atoms with E-state index in [2.05, 4.69) is 28.6 Å². The predicted octanol–water partition coefficient (Wildman–Crippen LogP) is 7.24. The van der Waals surface area contributed by atoms with Gasteiger partial charge in [0.05, 0.1) is 12.2 Å². The second kappa shape index (κ2) is 16.4. The van der Waals surface area contributed by atoms with Gasteiger partial charge in [-0.15, -0.1) is 5.10 Å². The van der Waals surface area contributed by atoms with E-state index in [0.717, 1.165) is 24.2 Å². The minimum Gasteiger partial charge on any atom is -0.298 e. The first-order valence-electron chi connectivity index (χ1n) is 12.4. The average Bonchev–Trinajstić information content (AvgIpc) is 3.16. The zero-order valence-electron chi connectivity index (χ0n) is 18.9. The fraction of sp³-hybridized carbons (Fsp3) is 0.760. The van der Waals surface area contributed by atoms with E-state index >= 15 is 0 Å². The highest BCUT2D eigenvalue weighted by atomic mass is 15.4. The third-order valence-electron chi connectivity index (χ3n) is 5.89. The Bertz CT molecular complexity index is 622. The van der Waals surface area contributed by atoms with E-state index in [0.29, 0.717) is 0 Å². The van der Waals surface area contributed by atoms with Gasteiger partial charge in [-0.1, -0.05) is 121 Å². The van der Waals surface area contributed by atoms with E-state index < -0.39 is 0 Å². The summed E-state index contributed by atoms with van der Waals surface area (Å²) in [6, 6.07) is 8.13. The maximum atomic E-state index is 4.21. The number of unbranched alkanes of at least 4 members (excludes halogenated alkanes) is 15. The first-order valence-corrected chi connectivity index (χ1v) is 12.4. The summed E-state index contributed by atoms with van der Waals surface area (Å²) in [6.45, 7) is 4.10. The van der Waals surface area contributed by atoms with Crippen LogP contribution in [0.4, 0.5) is 0 Å². The second-order valence-electron chi connectivity index (χ2n) is 8.54. The molecular weight excluding hydrogens is 356 g/mol. The lowest BCUT2D eigenvalue weighted by atomic mass is 10.0. The van der Waals surface area contributed by atoms with Gasteiger partial charge in [0.1, 0.15) is 5.52 Å². The van der Waals surface area contributed by atoms with Gasteiger partial charge in [-0.05, 0) is 25.1 Å². The van der Waals surface area contributed by atoms with Crippen LogP contribution < -0.4 is 5.32 Å². The number of rotatable bonds is 19. The van der Waals surface area contributed by atoms with Crippen molar-refractivity contribution in [2.75, 3.05) is 6.54 Å². The third kappa shape index (κ3) is 10.8. The van der Waals surface area contributed by atoms with E-state index in [4.69, 9.17) is 0 Å². The van der Waals surface area contributed by atoms with Gasteiger partial charge in [-0.2, -0.15) is 0 Å². The van der Waals surface area contributed by atoms with Crippen molar-refractivity contribution in [1.29, 1.82) is 0 Å². The Morgan fingerprint density at radius 3 is 1.79 bits per heavy atom. The summed E-state index contributed by atoms with van der Waals surface area (Å²) in [5.41, 5.74) is 2.07. The Morgan fingerprint density at radius 2 is 1.21 bits per heavy atom. The van der Waals surface area contributed by atoms with Gasteiger partial charge >= 0.3 is 0 Å². The lowest BCUT2D eigenvalue weighted by Crippen LogP contribution is -2.20. The molecule has 2 rings (SSSR count). The van der Waals surface area contributed by atoms with Crippen LogP contribution in [0.3, 0.4) is 0 Å². The molecule has 0 aliphatic carbocycles. The molecule has 0 unspecified atom stereocenters. The maximum Gasteiger partial charge on any atom is 0.113 e. The van der Waals surface area contributed by atoms with Crippen LogP contribution in [0.5, 0.6) is 0 Å². The van der Waals surface area contributed by atoms with Crippen molar-refractivity contribution >= 4 is 11.0 Å². The first kappa shape index (κ1) is 23.9. The number of nitrogens with zero attached hydrogens (tertiary/aromatic N) is 3. The normalized spacial score (nSPS) is 11.5. The largest absolute Gasteiger partial charge is 0.298 e. The van der Waals surface area contributed by atoms with E-state index in [1.54, 1.807) is 0 Å². The van der Waals surface area contributed by atoms with Gasteiger partial charge in [-0.3, -0.25) is 5.32 Å². The summed E-state index contributed by atoms with van der Waals surface area (Å²) in [5, 5.41) is 11.9. The van der Waals surface area contributed by atoms with Crippen molar-refractivity contribution in [3.63, 3.8) is 0 Å². The summed E-state index contributed by atoms with van der Waals surface area (Å²) in [6.07, 6.45) is 22.7. The maximum absolute atomic E-state index is 4.21. The molecule has 0 saturated heterocycles. The van der Waals surface area contributed by atoms with Crippen molar-refractivity contribution in [2.24, 2.45) is 0 Å². The minimum atomic E-state index is 0.749. The summed E-state index contributed by atoms with van der Waals surface area (Å²) in [7, 11) is 0. The molecule has 0 saturated carbocycles. The van der Waals surface area contributed by atoms with Crippen molar-refractivity contribution < 1.29 is 0 Å². The second-order valence-corrected chi connectivity index (χ2v) is 8.54. The Labute approximate surface area is 178 Å². The fourth-order valence-corrected chi connectivity index (χ4v) is 4.02. The number of fused-ring (bicyclic) bond motifs is 1. The minimum absolute atomic E-state index is 0.749. The van der Waals surface area contributed by atoms with Crippen LogP contribution in [0, 0.1) is 0 Å². The number of aromatic nitrogens is 3. The SMILES string of the molecule is CCCCCCCCCCCCCCCCCCNCn1nnc2ccccc21. The molecule has 4 heteroatoms. The summed E-state index contributed by atoms with van der Waals surface area (Å²) in [5.74, 6) is 0. The topological polar surface area (TPSA) is 42.7 Å². The van der Waals surface area contributed by atoms with Crippen LogP contribution in [-0.2, 0) is 6.67 Å². The molecule has 0 spiro atoms. The number of hydrogen-bond donors (Lipinski definition) is 1. The van der Waals surface area contributed by atoms with Gasteiger partial charge in [0, 0.05) is 0 Å². The van der Waals surface area contributed by atoms with E-state index in [-0.39, 0.29) is 0 Å². The average molecular weight is 401 g/mol. The Balaban J connectivity index is 1.29. The molecule has 1 aromatic carbocycles. The lowest BCUT2D eigenvalue weighted by Gasteiger charge is -2.06. The molecule has 0 aliphatic rings. The van der Waals surface area contributed by atoms with Crippen molar-refractivity contribution in [3.8, 4) is 0 Å². The molecule has 0 atom stereocenters. The highest BCUT2D eigenvalue weighted by molar-refractivity contribution is 5.73. The van der Waals surface area contributed by atoms with Gasteiger partial charge in [0.25, 0.3) is 0 Å². The van der Waals surface area contributed by atoms with E-state index in [9.17, 15) is 0 Å². The molecule has 0 aliphatic heterocycles. The van der Waals surface area contributed by atoms with Crippen molar-refractivity contribution in [1.82, 2.24) is 20.3 Å². The molecule has 29 heavy (non-hydrogen) atoms. The van der Waals surface area contributed by atoms with Crippen molar-refractivity contribution in [2.45, 2.75) is 116 Å². The van der Waals surface area contributed by atoms with Gasteiger partial charge < -0.3 is 0 Å². The van der Waals surface area contributed by atoms with E-state index in [1.165, 1.54) is 103 Å². The Kier molecular flexibility index (Phi) is 13.5. The zero-order chi connectivity index (χ0) is 20.4. The monoisotopic (exact) mass is 400 g/mol. The molecule has 4 nitrogen and oxygen atoms in total. The summed E-state index contributed by atoms with van der Waals surface area (Å²) >= 11 is 0. The molecule has 0 bridgehead atoms. The molecule has 2 aromatic rings. The molecule has 0 fully saturated rings. The van der Waals surface area contributed by atoms with Crippen LogP contribution in [0.2, 0.25) is 0 Å². The van der Waals surface area contributed by atoms with Gasteiger partial charge in [-0.25, -0.2) is 4.68 Å². The Hall–Kier alpha value is -1.42. The summed E-state index contributed by atoms with van der Waals surface area (Å²) < 4.78 is 1.95. The van der Waals surface area contributed by atoms with Crippen LogP contribution in [0.1, 0.15) is 110 Å². The predicted molar refractivity (Wildman–Crippen MR) is 125 cm³/mol. The first-order chi connectivity index (χ1) is 14.4. The van der Waals surface area contributed by atoms with Crippen LogP contribution >= 0.6 is 0 Å². The number of benzene rings is 1. The van der Waals surface area contributed by atoms with Crippen molar-refractivity contribution in [3.05, 3.63) is 24.3 Å². The molecule has 164 valence electrons. The quantitative estimate of drug-likeness (QED) is 0.253. The zero-order valence-corrected chi connectivity index (χ0v) is 18.9. The highest BCUT2D eigenvalue weighted by Gasteiger charge is 2.01. The molecule has 1 N–H and O–H groups in total. The van der Waals surface area contributed by atoms with Gasteiger partial charge in [0.2, 0.25) is 0 Å². The smallest absolute Gasteiger partial charge is 0.113 e. The molecule has 1 heterocycles. The number of hydrogen-bond acceptors (Lipinski definition) is 3.